The first-order valence-electron chi connectivity index (χ1n) is 5.69. The lowest BCUT2D eigenvalue weighted by Crippen LogP contribution is -2.29. The fraction of sp³-hybridized carbons (Fsp3) is 0.429. The minimum Gasteiger partial charge on any atom is -0.357 e. The molecule has 2 nitrogen and oxygen atoms in total. The number of nitrogens with two attached hydrogens (primary N) is 1. The number of aromatic nitrogens is 1. The van der Waals surface area contributed by atoms with Crippen molar-refractivity contribution in [2.75, 3.05) is 0 Å². The maximum Gasteiger partial charge on any atom is 0.0507 e. The van der Waals surface area contributed by atoms with Crippen LogP contribution in [0.2, 0.25) is 0 Å². The van der Waals surface area contributed by atoms with Crippen molar-refractivity contribution in [3.05, 3.63) is 34.5 Å². The van der Waals surface area contributed by atoms with E-state index in [0.717, 1.165) is 5.69 Å². The summed E-state index contributed by atoms with van der Waals surface area (Å²) >= 11 is 0. The van der Waals surface area contributed by atoms with Crippen LogP contribution in [0.5, 0.6) is 0 Å². The summed E-state index contributed by atoms with van der Waals surface area (Å²) < 4.78 is 0. The van der Waals surface area contributed by atoms with E-state index >= 15 is 0 Å². The molecule has 3 N–H and O–H groups in total. The van der Waals surface area contributed by atoms with Gasteiger partial charge in [0.25, 0.3) is 0 Å². The number of benzene rings is 1. The number of nitrogens with one attached hydrogen (secondary N) is 1. The van der Waals surface area contributed by atoms with Crippen LogP contribution in [0.3, 0.4) is 0 Å². The highest BCUT2D eigenvalue weighted by Gasteiger charge is 2.21. The zero-order chi connectivity index (χ0) is 12.1. The van der Waals surface area contributed by atoms with E-state index < -0.39 is 0 Å². The Labute approximate surface area is 96.9 Å². The maximum absolute atomic E-state index is 6.18. The van der Waals surface area contributed by atoms with Crippen molar-refractivity contribution in [2.24, 2.45) is 5.73 Å². The third-order valence-corrected chi connectivity index (χ3v) is 3.13. The zero-order valence-corrected chi connectivity index (χ0v) is 10.7. The fourth-order valence-corrected chi connectivity index (χ4v) is 2.56. The summed E-state index contributed by atoms with van der Waals surface area (Å²) in [5, 5.41) is 1.32. The quantitative estimate of drug-likeness (QED) is 0.754. The molecule has 2 aromatic rings. The Morgan fingerprint density at radius 2 is 1.75 bits per heavy atom. The van der Waals surface area contributed by atoms with Crippen molar-refractivity contribution in [1.82, 2.24) is 4.98 Å². The number of hydrogen-bond acceptors (Lipinski definition) is 1. The summed E-state index contributed by atoms with van der Waals surface area (Å²) in [6.45, 7) is 10.5. The molecule has 2 heteroatoms. The van der Waals surface area contributed by atoms with Crippen molar-refractivity contribution >= 4 is 10.9 Å². The van der Waals surface area contributed by atoms with Gasteiger partial charge in [-0.15, -0.1) is 0 Å². The number of rotatable bonds is 1. The van der Waals surface area contributed by atoms with Crippen LogP contribution in [0.4, 0.5) is 0 Å². The summed E-state index contributed by atoms with van der Waals surface area (Å²) in [6, 6.07) is 4.40. The van der Waals surface area contributed by atoms with E-state index in [0.29, 0.717) is 0 Å². The standard InChI is InChI=1S/C14H20N2/c1-8-6-9(2)12-10(3)13(14(4,5)15)16-11(12)7-8/h6-7,16H,15H2,1-5H3. The molecule has 0 unspecified atom stereocenters. The maximum atomic E-state index is 6.18. The second-order valence-corrected chi connectivity index (χ2v) is 5.35. The normalized spacial score (nSPS) is 12.4. The van der Waals surface area contributed by atoms with Crippen molar-refractivity contribution < 1.29 is 0 Å². The molecular weight excluding hydrogens is 196 g/mol. The first-order chi connectivity index (χ1) is 7.30. The van der Waals surface area contributed by atoms with E-state index in [2.05, 4.69) is 37.9 Å². The van der Waals surface area contributed by atoms with Crippen molar-refractivity contribution in [1.29, 1.82) is 0 Å². The highest BCUT2D eigenvalue weighted by Crippen LogP contribution is 2.30. The number of aromatic amines is 1. The number of aryl methyl sites for hydroxylation is 3. The van der Waals surface area contributed by atoms with E-state index in [4.69, 9.17) is 5.73 Å². The first kappa shape index (κ1) is 11.2. The molecule has 1 aromatic carbocycles. The number of H-pyrrole nitrogens is 1. The van der Waals surface area contributed by atoms with Gasteiger partial charge in [0, 0.05) is 16.6 Å². The third kappa shape index (κ3) is 1.63. The Hall–Kier alpha value is -1.28. The average Bonchev–Trinajstić information content (AvgIpc) is 2.41. The molecule has 0 bridgehead atoms. The predicted molar refractivity (Wildman–Crippen MR) is 69.7 cm³/mol. The lowest BCUT2D eigenvalue weighted by Gasteiger charge is -2.18. The molecule has 1 aromatic heterocycles. The van der Waals surface area contributed by atoms with E-state index in [9.17, 15) is 0 Å². The Morgan fingerprint density at radius 3 is 2.31 bits per heavy atom. The van der Waals surface area contributed by atoms with Crippen LogP contribution < -0.4 is 5.73 Å². The summed E-state index contributed by atoms with van der Waals surface area (Å²) in [5.41, 5.74) is 12.1. The highest BCUT2D eigenvalue weighted by atomic mass is 14.8. The van der Waals surface area contributed by atoms with Gasteiger partial charge in [0.1, 0.15) is 0 Å². The average molecular weight is 216 g/mol. The van der Waals surface area contributed by atoms with Gasteiger partial charge >= 0.3 is 0 Å². The van der Waals surface area contributed by atoms with Crippen molar-refractivity contribution in [3.8, 4) is 0 Å². The number of fused-ring (bicyclic) bond motifs is 1. The second-order valence-electron chi connectivity index (χ2n) is 5.35. The van der Waals surface area contributed by atoms with Gasteiger partial charge in [-0.2, -0.15) is 0 Å². The minimum atomic E-state index is -0.316. The number of hydrogen-bond donors (Lipinski definition) is 2. The van der Waals surface area contributed by atoms with Crippen LogP contribution in [0.15, 0.2) is 12.1 Å². The molecular formula is C14H20N2. The Morgan fingerprint density at radius 1 is 1.12 bits per heavy atom. The largest absolute Gasteiger partial charge is 0.357 e. The molecule has 0 radical (unpaired) electrons. The second kappa shape index (κ2) is 3.36. The van der Waals surface area contributed by atoms with Crippen LogP contribution in [0.1, 0.15) is 36.2 Å². The summed E-state index contributed by atoms with van der Waals surface area (Å²) in [5.74, 6) is 0. The van der Waals surface area contributed by atoms with Crippen LogP contribution in [0.25, 0.3) is 10.9 Å². The summed E-state index contributed by atoms with van der Waals surface area (Å²) in [6.07, 6.45) is 0. The van der Waals surface area contributed by atoms with Crippen molar-refractivity contribution in [3.63, 3.8) is 0 Å². The molecule has 1 heterocycles. The van der Waals surface area contributed by atoms with Gasteiger partial charge in [-0.25, -0.2) is 0 Å². The monoisotopic (exact) mass is 216 g/mol. The Balaban J connectivity index is 2.83. The first-order valence-corrected chi connectivity index (χ1v) is 5.69. The van der Waals surface area contributed by atoms with Crippen LogP contribution in [0, 0.1) is 20.8 Å². The molecule has 0 amide bonds. The highest BCUT2D eigenvalue weighted by molar-refractivity contribution is 5.88. The topological polar surface area (TPSA) is 41.8 Å². The van der Waals surface area contributed by atoms with Crippen LogP contribution in [-0.4, -0.2) is 4.98 Å². The summed E-state index contributed by atoms with van der Waals surface area (Å²) in [4.78, 5) is 3.46. The molecule has 0 spiro atoms. The molecule has 2 rings (SSSR count). The lowest BCUT2D eigenvalue weighted by molar-refractivity contribution is 0.536. The van der Waals surface area contributed by atoms with Crippen LogP contribution >= 0.6 is 0 Å². The zero-order valence-electron chi connectivity index (χ0n) is 10.7. The molecule has 0 saturated heterocycles. The van der Waals surface area contributed by atoms with E-state index in [-0.39, 0.29) is 5.54 Å². The third-order valence-electron chi connectivity index (χ3n) is 3.13. The molecule has 0 fully saturated rings. The van der Waals surface area contributed by atoms with Gasteiger partial charge in [-0.05, 0) is 57.4 Å². The fourth-order valence-electron chi connectivity index (χ4n) is 2.56. The van der Waals surface area contributed by atoms with Gasteiger partial charge in [0.05, 0.1) is 5.54 Å². The Kier molecular flexibility index (Phi) is 2.35. The van der Waals surface area contributed by atoms with E-state index in [1.807, 2.05) is 13.8 Å². The van der Waals surface area contributed by atoms with Gasteiger partial charge in [0.15, 0.2) is 0 Å². The van der Waals surface area contributed by atoms with E-state index in [1.165, 1.54) is 27.6 Å². The summed E-state index contributed by atoms with van der Waals surface area (Å²) in [7, 11) is 0. The lowest BCUT2D eigenvalue weighted by atomic mass is 9.96. The molecule has 86 valence electrons. The van der Waals surface area contributed by atoms with Gasteiger partial charge in [0.2, 0.25) is 0 Å². The molecule has 0 aliphatic rings. The molecule has 0 atom stereocenters. The van der Waals surface area contributed by atoms with Crippen LogP contribution in [-0.2, 0) is 5.54 Å². The SMILES string of the molecule is Cc1cc(C)c2c(C)c(C(C)(C)N)[nH]c2c1. The minimum absolute atomic E-state index is 0.316. The smallest absolute Gasteiger partial charge is 0.0507 e. The molecule has 0 aliphatic carbocycles. The molecule has 16 heavy (non-hydrogen) atoms. The Bertz CT molecular complexity index is 542. The molecule has 0 aliphatic heterocycles. The van der Waals surface area contributed by atoms with Gasteiger partial charge in [-0.1, -0.05) is 6.07 Å². The van der Waals surface area contributed by atoms with E-state index in [1.54, 1.807) is 0 Å². The van der Waals surface area contributed by atoms with Gasteiger partial charge in [-0.3, -0.25) is 0 Å². The molecule has 0 saturated carbocycles. The predicted octanol–water partition coefficient (Wildman–Crippen LogP) is 3.29. The van der Waals surface area contributed by atoms with Crippen molar-refractivity contribution in [2.45, 2.75) is 40.2 Å². The van der Waals surface area contributed by atoms with Gasteiger partial charge < -0.3 is 10.7 Å².